The van der Waals surface area contributed by atoms with Gasteiger partial charge in [0.2, 0.25) is 0 Å². The third-order valence-electron chi connectivity index (χ3n) is 8.25. The lowest BCUT2D eigenvalue weighted by Gasteiger charge is -2.30. The average molecular weight is 612 g/mol. The molecule has 2 heterocycles. The molecule has 10 heteroatoms. The van der Waals surface area contributed by atoms with Gasteiger partial charge in [-0.2, -0.15) is 0 Å². The minimum atomic E-state index is -1.65. The number of nitrogens with one attached hydrogen (secondary N) is 2. The lowest BCUT2D eigenvalue weighted by Crippen LogP contribution is -2.30. The molecule has 3 atom stereocenters. The Balaban J connectivity index is 1.72. The number of phenolic OH excluding ortho intramolecular Hbond substituents is 1. The van der Waals surface area contributed by atoms with Crippen molar-refractivity contribution in [2.45, 2.75) is 82.7 Å². The molecule has 1 aromatic carbocycles. The van der Waals surface area contributed by atoms with Crippen LogP contribution < -0.4 is 15.8 Å². The van der Waals surface area contributed by atoms with Crippen LogP contribution in [-0.4, -0.2) is 69.9 Å². The van der Waals surface area contributed by atoms with Gasteiger partial charge in [0.15, 0.2) is 29.2 Å². The number of aromatic hydroxyl groups is 1. The number of rotatable bonds is 21. The number of methoxy groups -OCH3 is 1. The summed E-state index contributed by atoms with van der Waals surface area (Å²) >= 11 is 0. The number of nitrogens with two attached hydrogens (primary N) is 1. The van der Waals surface area contributed by atoms with E-state index in [1.54, 1.807) is 18.2 Å². The number of dihydropyridines is 1. The third kappa shape index (κ3) is 10.2. The molecular formula is C34H49N3O7. The van der Waals surface area contributed by atoms with Crippen molar-refractivity contribution in [2.24, 2.45) is 11.7 Å². The number of aromatic nitrogens is 1. The molecule has 0 aliphatic carbocycles. The van der Waals surface area contributed by atoms with E-state index in [2.05, 4.69) is 10.3 Å². The molecule has 3 unspecified atom stereocenters. The summed E-state index contributed by atoms with van der Waals surface area (Å²) < 4.78 is 5.50. The lowest BCUT2D eigenvalue weighted by molar-refractivity contribution is -0.138. The minimum absolute atomic E-state index is 0.0544. The quantitative estimate of drug-likeness (QED) is 0.0821. The zero-order chi connectivity index (χ0) is 31.9. The Hall–Kier alpha value is -3.60. The molecule has 0 amide bonds. The van der Waals surface area contributed by atoms with Gasteiger partial charge in [-0.05, 0) is 67.0 Å². The predicted molar refractivity (Wildman–Crippen MR) is 169 cm³/mol. The van der Waals surface area contributed by atoms with Gasteiger partial charge in [0, 0.05) is 56.0 Å². The number of aryl methyl sites for hydroxylation is 1. The van der Waals surface area contributed by atoms with Crippen LogP contribution in [0.4, 0.5) is 0 Å². The Morgan fingerprint density at radius 2 is 1.73 bits per heavy atom. The summed E-state index contributed by atoms with van der Waals surface area (Å²) in [6.45, 7) is 0.548. The topological polar surface area (TPSA) is 178 Å². The number of unbranched alkanes of at least 4 members (excludes halogenated alkanes) is 6. The van der Waals surface area contributed by atoms with Crippen molar-refractivity contribution in [3.05, 3.63) is 70.8 Å². The third-order valence-corrected chi connectivity index (χ3v) is 8.25. The first-order chi connectivity index (χ1) is 21.3. The lowest BCUT2D eigenvalue weighted by atomic mass is 9.76. The molecule has 0 saturated heterocycles. The number of allylic oxidation sites excluding steroid dienone is 2. The second-order valence-electron chi connectivity index (χ2n) is 11.5. The smallest absolute Gasteiger partial charge is 0.170 e. The van der Waals surface area contributed by atoms with Crippen molar-refractivity contribution in [2.75, 3.05) is 26.9 Å². The van der Waals surface area contributed by atoms with Gasteiger partial charge < -0.3 is 41.2 Å². The summed E-state index contributed by atoms with van der Waals surface area (Å²) in [6, 6.07) is 7.28. The van der Waals surface area contributed by atoms with Crippen LogP contribution in [-0.2, 0) is 22.4 Å². The first kappa shape index (κ1) is 34.9. The van der Waals surface area contributed by atoms with Gasteiger partial charge in [0.25, 0.3) is 0 Å². The number of aromatic amines is 1. The minimum Gasteiger partial charge on any atom is -0.504 e. The molecule has 8 N–H and O–H groups in total. The van der Waals surface area contributed by atoms with Gasteiger partial charge in [-0.25, -0.2) is 0 Å². The fourth-order valence-corrected chi connectivity index (χ4v) is 5.80. The molecule has 2 aromatic rings. The number of aliphatic hydroxyl groups excluding tert-OH is 3. The van der Waals surface area contributed by atoms with E-state index < -0.39 is 23.6 Å². The molecule has 3 rings (SSSR count). The molecule has 1 aliphatic heterocycles. The van der Waals surface area contributed by atoms with E-state index in [1.165, 1.54) is 7.11 Å². The largest absolute Gasteiger partial charge is 0.504 e. The highest BCUT2D eigenvalue weighted by molar-refractivity contribution is 6.05. The number of benzene rings is 1. The summed E-state index contributed by atoms with van der Waals surface area (Å²) in [7, 11) is 1.45. The van der Waals surface area contributed by atoms with Gasteiger partial charge >= 0.3 is 0 Å². The van der Waals surface area contributed by atoms with Gasteiger partial charge in [0.1, 0.15) is 0 Å². The second kappa shape index (κ2) is 18.3. The second-order valence-corrected chi connectivity index (χ2v) is 11.5. The van der Waals surface area contributed by atoms with Gasteiger partial charge in [0.05, 0.1) is 12.9 Å². The fraction of sp³-hybridized carbons (Fsp3) is 0.529. The van der Waals surface area contributed by atoms with Crippen LogP contribution in [0.15, 0.2) is 54.0 Å². The van der Waals surface area contributed by atoms with Crippen LogP contribution in [0.1, 0.15) is 80.5 Å². The SMILES string of the molecule is COc1cc(CCC(=O)C(O)C(=O)CCCCCCCCCO)cc(C(C2=CCNC(N)=C2)C(CO)Cc2ccc[nH]2)c1O. The van der Waals surface area contributed by atoms with E-state index in [-0.39, 0.29) is 49.9 Å². The monoisotopic (exact) mass is 611 g/mol. The predicted octanol–water partition coefficient (Wildman–Crippen LogP) is 3.54. The number of Topliss-reactive ketones (excluding diaryl/α,β-unsaturated/α-hetero) is 2. The molecule has 10 nitrogen and oxygen atoms in total. The maximum Gasteiger partial charge on any atom is 0.170 e. The maximum atomic E-state index is 12.8. The van der Waals surface area contributed by atoms with Crippen molar-refractivity contribution in [3.8, 4) is 11.5 Å². The number of hydrogen-bond donors (Lipinski definition) is 7. The van der Waals surface area contributed by atoms with Gasteiger partial charge in [-0.3, -0.25) is 9.59 Å². The molecular weight excluding hydrogens is 562 g/mol. The van der Waals surface area contributed by atoms with Crippen molar-refractivity contribution in [1.29, 1.82) is 0 Å². The zero-order valence-corrected chi connectivity index (χ0v) is 25.8. The van der Waals surface area contributed by atoms with E-state index in [1.807, 2.05) is 24.4 Å². The van der Waals surface area contributed by atoms with E-state index in [0.717, 1.165) is 49.8 Å². The van der Waals surface area contributed by atoms with Crippen molar-refractivity contribution >= 4 is 11.6 Å². The molecule has 0 fully saturated rings. The molecule has 44 heavy (non-hydrogen) atoms. The first-order valence-electron chi connectivity index (χ1n) is 15.7. The van der Waals surface area contributed by atoms with Crippen molar-refractivity contribution in [1.82, 2.24) is 10.3 Å². The van der Waals surface area contributed by atoms with Crippen molar-refractivity contribution in [3.63, 3.8) is 0 Å². The molecule has 242 valence electrons. The number of H-pyrrole nitrogens is 1. The van der Waals surface area contributed by atoms with Crippen LogP contribution in [0.3, 0.4) is 0 Å². The van der Waals surface area contributed by atoms with Gasteiger partial charge in [-0.15, -0.1) is 0 Å². The van der Waals surface area contributed by atoms with Gasteiger partial charge in [-0.1, -0.05) is 44.2 Å². The van der Waals surface area contributed by atoms with E-state index in [9.17, 15) is 24.9 Å². The Kier molecular flexibility index (Phi) is 14.5. The van der Waals surface area contributed by atoms with E-state index in [4.69, 9.17) is 15.6 Å². The number of carbonyl (C=O) groups is 2. The highest BCUT2D eigenvalue weighted by Crippen LogP contribution is 2.44. The number of aliphatic hydroxyl groups is 3. The Morgan fingerprint density at radius 3 is 2.36 bits per heavy atom. The van der Waals surface area contributed by atoms with Crippen molar-refractivity contribution < 1.29 is 34.8 Å². The molecule has 0 spiro atoms. The summed E-state index contributed by atoms with van der Waals surface area (Å²) in [5, 5.41) is 44.1. The fourth-order valence-electron chi connectivity index (χ4n) is 5.80. The molecule has 1 aliphatic rings. The van der Waals surface area contributed by atoms with Crippen LogP contribution in [0.2, 0.25) is 0 Å². The number of ketones is 2. The summed E-state index contributed by atoms with van der Waals surface area (Å²) in [4.78, 5) is 28.5. The summed E-state index contributed by atoms with van der Waals surface area (Å²) in [5.41, 5.74) is 9.10. The molecule has 0 radical (unpaired) electrons. The van der Waals surface area contributed by atoms with Crippen LogP contribution in [0.5, 0.6) is 11.5 Å². The first-order valence-corrected chi connectivity index (χ1v) is 15.7. The number of phenols is 1. The van der Waals surface area contributed by atoms with Crippen LogP contribution in [0.25, 0.3) is 0 Å². The number of ether oxygens (including phenoxy) is 1. The standard InChI is InChI=1S/C34H49N3O7/c1-44-30-19-23(12-13-29(41)34(43)28(40)11-7-5-3-2-4-6-8-17-38)18-27(33(30)42)32(24-14-16-37-31(35)21-24)25(22-39)20-26-10-9-15-36-26/h9-10,14-15,18-19,21,25,32,34,36-39,42-43H,2-8,11-13,16-17,20,22,35H2,1H3. The number of carbonyl (C=O) groups excluding carboxylic acids is 2. The van der Waals surface area contributed by atoms with E-state index in [0.29, 0.717) is 36.3 Å². The normalized spacial score (nSPS) is 15.1. The summed E-state index contributed by atoms with van der Waals surface area (Å²) in [5.74, 6) is -1.13. The highest BCUT2D eigenvalue weighted by Gasteiger charge is 2.31. The molecule has 0 bridgehead atoms. The summed E-state index contributed by atoms with van der Waals surface area (Å²) in [6.07, 6.45) is 11.1. The van der Waals surface area contributed by atoms with E-state index >= 15 is 0 Å². The molecule has 0 saturated carbocycles. The Labute approximate surface area is 260 Å². The number of hydrogen-bond acceptors (Lipinski definition) is 9. The van der Waals surface area contributed by atoms with Crippen LogP contribution in [0, 0.1) is 5.92 Å². The maximum absolute atomic E-state index is 12.8. The highest BCUT2D eigenvalue weighted by atomic mass is 16.5. The average Bonchev–Trinajstić information content (AvgIpc) is 3.54. The Morgan fingerprint density at radius 1 is 1.02 bits per heavy atom. The van der Waals surface area contributed by atoms with Crippen LogP contribution >= 0.6 is 0 Å². The zero-order valence-electron chi connectivity index (χ0n) is 25.8. The molecule has 1 aromatic heterocycles. The Bertz CT molecular complexity index is 1260.